The molecule has 0 radical (unpaired) electrons. The highest BCUT2D eigenvalue weighted by Crippen LogP contribution is 2.32. The molecule has 0 fully saturated rings. The van der Waals surface area contributed by atoms with Crippen molar-refractivity contribution in [2.24, 2.45) is 0 Å². The number of methoxy groups -OCH3 is 1. The molecule has 0 unspecified atom stereocenters. The standard InChI is InChI=1S/C11H11N5OS/c1-6-13-14-11-16(6)15-10(18-11)8-4-3-7(17-2)5-9(8)12/h3-5H,12H2,1-2H3. The summed E-state index contributed by atoms with van der Waals surface area (Å²) in [7, 11) is 1.61. The average Bonchev–Trinajstić information content (AvgIpc) is 2.92. The maximum Gasteiger partial charge on any atom is 0.234 e. The minimum Gasteiger partial charge on any atom is -0.497 e. The number of nitrogen functional groups attached to an aromatic ring is 1. The van der Waals surface area contributed by atoms with E-state index in [1.807, 2.05) is 19.1 Å². The monoisotopic (exact) mass is 261 g/mol. The molecule has 2 aromatic heterocycles. The normalized spacial score (nSPS) is 11.0. The van der Waals surface area contributed by atoms with E-state index in [0.717, 1.165) is 27.1 Å². The van der Waals surface area contributed by atoms with E-state index in [1.165, 1.54) is 11.3 Å². The van der Waals surface area contributed by atoms with Crippen molar-refractivity contribution < 1.29 is 4.74 Å². The molecule has 18 heavy (non-hydrogen) atoms. The lowest BCUT2D eigenvalue weighted by molar-refractivity contribution is 0.415. The molecule has 0 aliphatic carbocycles. The van der Waals surface area contributed by atoms with Crippen molar-refractivity contribution >= 4 is 22.0 Å². The Bertz CT molecular complexity index is 717. The van der Waals surface area contributed by atoms with Crippen molar-refractivity contribution in [2.75, 3.05) is 12.8 Å². The average molecular weight is 261 g/mol. The van der Waals surface area contributed by atoms with Crippen molar-refractivity contribution in [3.05, 3.63) is 24.0 Å². The van der Waals surface area contributed by atoms with Gasteiger partial charge in [0.1, 0.15) is 10.8 Å². The Hall–Kier alpha value is -2.15. The number of nitrogens with zero attached hydrogens (tertiary/aromatic N) is 4. The zero-order chi connectivity index (χ0) is 12.7. The molecule has 6 nitrogen and oxygen atoms in total. The summed E-state index contributed by atoms with van der Waals surface area (Å²) in [6, 6.07) is 5.54. The SMILES string of the molecule is COc1ccc(-c2nn3c(C)nnc3s2)c(N)c1. The van der Waals surface area contributed by atoms with Gasteiger partial charge in [0.15, 0.2) is 5.82 Å². The van der Waals surface area contributed by atoms with E-state index < -0.39 is 0 Å². The van der Waals surface area contributed by atoms with Gasteiger partial charge in [-0.1, -0.05) is 11.3 Å². The summed E-state index contributed by atoms with van der Waals surface area (Å²) >= 11 is 1.46. The van der Waals surface area contributed by atoms with Crippen molar-refractivity contribution in [3.8, 4) is 16.3 Å². The first-order valence-corrected chi connectivity index (χ1v) is 6.13. The van der Waals surface area contributed by atoms with E-state index in [4.69, 9.17) is 10.5 Å². The quantitative estimate of drug-likeness (QED) is 0.711. The second-order valence-corrected chi connectivity index (χ2v) is 4.76. The first-order chi connectivity index (χ1) is 8.69. The van der Waals surface area contributed by atoms with E-state index in [-0.39, 0.29) is 0 Å². The smallest absolute Gasteiger partial charge is 0.234 e. The summed E-state index contributed by atoms with van der Waals surface area (Å²) in [6.45, 7) is 1.86. The molecule has 7 heteroatoms. The zero-order valence-electron chi connectivity index (χ0n) is 9.91. The summed E-state index contributed by atoms with van der Waals surface area (Å²) in [6.07, 6.45) is 0. The van der Waals surface area contributed by atoms with Crippen LogP contribution in [0.4, 0.5) is 5.69 Å². The van der Waals surface area contributed by atoms with Crippen molar-refractivity contribution in [2.45, 2.75) is 6.92 Å². The van der Waals surface area contributed by atoms with Gasteiger partial charge in [0.05, 0.1) is 7.11 Å². The van der Waals surface area contributed by atoms with Crippen LogP contribution in [-0.4, -0.2) is 26.9 Å². The zero-order valence-corrected chi connectivity index (χ0v) is 10.7. The molecular formula is C11H11N5OS. The fourth-order valence-electron chi connectivity index (χ4n) is 1.69. The lowest BCUT2D eigenvalue weighted by Crippen LogP contribution is -1.93. The molecule has 0 amide bonds. The van der Waals surface area contributed by atoms with Crippen LogP contribution in [0.15, 0.2) is 18.2 Å². The molecule has 0 saturated heterocycles. The van der Waals surface area contributed by atoms with Crippen LogP contribution in [0.25, 0.3) is 15.5 Å². The number of benzene rings is 1. The molecule has 2 N–H and O–H groups in total. The van der Waals surface area contributed by atoms with E-state index in [9.17, 15) is 0 Å². The Morgan fingerprint density at radius 1 is 1.33 bits per heavy atom. The van der Waals surface area contributed by atoms with Crippen molar-refractivity contribution in [1.29, 1.82) is 0 Å². The van der Waals surface area contributed by atoms with E-state index in [1.54, 1.807) is 17.7 Å². The minimum absolute atomic E-state index is 0.636. The van der Waals surface area contributed by atoms with E-state index >= 15 is 0 Å². The van der Waals surface area contributed by atoms with Crippen LogP contribution in [0.2, 0.25) is 0 Å². The highest BCUT2D eigenvalue weighted by molar-refractivity contribution is 7.19. The summed E-state index contributed by atoms with van der Waals surface area (Å²) in [4.78, 5) is 0.762. The lowest BCUT2D eigenvalue weighted by Gasteiger charge is -2.04. The Labute approximate surface area is 107 Å². The van der Waals surface area contributed by atoms with Crippen LogP contribution in [0, 0.1) is 6.92 Å². The largest absolute Gasteiger partial charge is 0.497 e. The van der Waals surface area contributed by atoms with Crippen LogP contribution >= 0.6 is 11.3 Å². The number of nitrogens with two attached hydrogens (primary N) is 1. The molecule has 1 aromatic carbocycles. The number of anilines is 1. The second-order valence-electron chi connectivity index (χ2n) is 3.80. The first-order valence-electron chi connectivity index (χ1n) is 5.32. The summed E-state index contributed by atoms with van der Waals surface area (Å²) in [5.41, 5.74) is 7.52. The molecule has 0 atom stereocenters. The van der Waals surface area contributed by atoms with Gasteiger partial charge in [-0.05, 0) is 19.1 Å². The predicted octanol–water partition coefficient (Wildman–Crippen LogP) is 1.75. The minimum atomic E-state index is 0.636. The Balaban J connectivity index is 2.13. The molecule has 0 spiro atoms. The van der Waals surface area contributed by atoms with Gasteiger partial charge in [-0.25, -0.2) is 0 Å². The van der Waals surface area contributed by atoms with Gasteiger partial charge in [0.25, 0.3) is 0 Å². The molecule has 2 heterocycles. The van der Waals surface area contributed by atoms with Crippen LogP contribution in [-0.2, 0) is 0 Å². The summed E-state index contributed by atoms with van der Waals surface area (Å²) in [5.74, 6) is 1.50. The molecule has 3 rings (SSSR count). The van der Waals surface area contributed by atoms with Gasteiger partial charge in [0, 0.05) is 17.3 Å². The van der Waals surface area contributed by atoms with Crippen LogP contribution in [0.1, 0.15) is 5.82 Å². The highest BCUT2D eigenvalue weighted by atomic mass is 32.1. The molecule has 0 saturated carbocycles. The van der Waals surface area contributed by atoms with E-state index in [2.05, 4.69) is 15.3 Å². The third kappa shape index (κ3) is 1.60. The number of aromatic nitrogens is 4. The maximum absolute atomic E-state index is 6.00. The van der Waals surface area contributed by atoms with Gasteiger partial charge in [-0.15, -0.1) is 10.2 Å². The lowest BCUT2D eigenvalue weighted by atomic mass is 10.2. The first kappa shape index (κ1) is 11.0. The van der Waals surface area contributed by atoms with Crippen molar-refractivity contribution in [3.63, 3.8) is 0 Å². The molecule has 92 valence electrons. The Morgan fingerprint density at radius 2 is 2.17 bits per heavy atom. The Morgan fingerprint density at radius 3 is 2.83 bits per heavy atom. The third-order valence-corrected chi connectivity index (χ3v) is 3.57. The molecule has 0 aliphatic heterocycles. The van der Waals surface area contributed by atoms with Crippen LogP contribution < -0.4 is 10.5 Å². The summed E-state index contributed by atoms with van der Waals surface area (Å²) in [5, 5.41) is 13.3. The number of rotatable bonds is 2. The van der Waals surface area contributed by atoms with Gasteiger partial charge in [-0.3, -0.25) is 0 Å². The van der Waals surface area contributed by atoms with Gasteiger partial charge >= 0.3 is 0 Å². The third-order valence-electron chi connectivity index (χ3n) is 2.64. The maximum atomic E-state index is 6.00. The van der Waals surface area contributed by atoms with Crippen LogP contribution in [0.3, 0.4) is 0 Å². The number of hydrogen-bond donors (Lipinski definition) is 1. The van der Waals surface area contributed by atoms with E-state index in [0.29, 0.717) is 5.69 Å². The Kier molecular flexibility index (Phi) is 2.41. The molecule has 0 aliphatic rings. The number of fused-ring (bicyclic) bond motifs is 1. The van der Waals surface area contributed by atoms with Crippen molar-refractivity contribution in [1.82, 2.24) is 19.8 Å². The fourth-order valence-corrected chi connectivity index (χ4v) is 2.62. The topological polar surface area (TPSA) is 78.3 Å². The van der Waals surface area contributed by atoms with Gasteiger partial charge in [0.2, 0.25) is 4.96 Å². The molecule has 0 bridgehead atoms. The van der Waals surface area contributed by atoms with Gasteiger partial charge < -0.3 is 10.5 Å². The fraction of sp³-hybridized carbons (Fsp3) is 0.182. The highest BCUT2D eigenvalue weighted by Gasteiger charge is 2.12. The molecule has 3 aromatic rings. The van der Waals surface area contributed by atoms with Gasteiger partial charge in [-0.2, -0.15) is 9.61 Å². The van der Waals surface area contributed by atoms with Crippen LogP contribution in [0.5, 0.6) is 5.75 Å². The second kappa shape index (κ2) is 3.95. The number of aryl methyl sites for hydroxylation is 1. The number of ether oxygens (including phenoxy) is 1. The summed E-state index contributed by atoms with van der Waals surface area (Å²) < 4.78 is 6.84. The predicted molar refractivity (Wildman–Crippen MR) is 69.8 cm³/mol. The molecular weight excluding hydrogens is 250 g/mol. The number of hydrogen-bond acceptors (Lipinski definition) is 6.